The number of anilines is 2. The molecule has 1 aromatic heterocycles. The van der Waals surface area contributed by atoms with E-state index in [0.717, 1.165) is 50.5 Å². The molecule has 7 nitrogen and oxygen atoms in total. The summed E-state index contributed by atoms with van der Waals surface area (Å²) < 4.78 is 50.2. The molecule has 0 saturated carbocycles. The fourth-order valence-electron chi connectivity index (χ4n) is 5.02. The molecular formula is C34H32F3N3O4. The molecule has 0 atom stereocenters. The van der Waals surface area contributed by atoms with Crippen molar-refractivity contribution in [1.29, 1.82) is 0 Å². The van der Waals surface area contributed by atoms with Gasteiger partial charge in [-0.05, 0) is 61.0 Å². The second-order valence-corrected chi connectivity index (χ2v) is 10.3. The number of hydrogen-bond donors (Lipinski definition) is 1. The number of esters is 1. The highest BCUT2D eigenvalue weighted by Crippen LogP contribution is 2.33. The van der Waals surface area contributed by atoms with Crippen LogP contribution in [0.4, 0.5) is 24.5 Å². The number of nitrogens with zero attached hydrogens (tertiary/aromatic N) is 2. The molecule has 44 heavy (non-hydrogen) atoms. The van der Waals surface area contributed by atoms with Gasteiger partial charge < -0.3 is 19.4 Å². The number of halogens is 3. The summed E-state index contributed by atoms with van der Waals surface area (Å²) in [5.74, 6) is -0.419. The van der Waals surface area contributed by atoms with Crippen LogP contribution in [0.5, 0.6) is 0 Å². The second-order valence-electron chi connectivity index (χ2n) is 10.3. The second kappa shape index (κ2) is 13.6. The third-order valence-corrected chi connectivity index (χ3v) is 7.23. The van der Waals surface area contributed by atoms with Crippen LogP contribution < -0.4 is 10.2 Å². The van der Waals surface area contributed by atoms with Crippen molar-refractivity contribution in [3.05, 3.63) is 113 Å². The van der Waals surface area contributed by atoms with Crippen LogP contribution in [-0.4, -0.2) is 49.6 Å². The molecule has 1 N–H and O–H groups in total. The maximum Gasteiger partial charge on any atom is 0.416 e. The quantitative estimate of drug-likeness (QED) is 0.162. The molecule has 1 amide bonds. The molecule has 0 aliphatic carbocycles. The highest BCUT2D eigenvalue weighted by atomic mass is 19.4. The Hall–Kier alpha value is -4.83. The van der Waals surface area contributed by atoms with E-state index in [1.54, 1.807) is 31.2 Å². The molecule has 4 aromatic rings. The third kappa shape index (κ3) is 7.76. The molecule has 1 fully saturated rings. The Bertz CT molecular complexity index is 1620. The van der Waals surface area contributed by atoms with Crippen LogP contribution in [0.2, 0.25) is 0 Å². The van der Waals surface area contributed by atoms with Crippen molar-refractivity contribution in [2.24, 2.45) is 0 Å². The minimum atomic E-state index is -4.47. The van der Waals surface area contributed by atoms with Crippen LogP contribution in [0.15, 0.2) is 95.4 Å². The van der Waals surface area contributed by atoms with Crippen LogP contribution in [0.3, 0.4) is 0 Å². The van der Waals surface area contributed by atoms with E-state index < -0.39 is 23.6 Å². The summed E-state index contributed by atoms with van der Waals surface area (Å²) >= 11 is 0. The molecule has 1 aliphatic rings. The first-order chi connectivity index (χ1) is 21.2. The van der Waals surface area contributed by atoms with Gasteiger partial charge in [0.05, 0.1) is 29.1 Å². The lowest BCUT2D eigenvalue weighted by atomic mass is 10.1. The number of carbonyl (C=O) groups is 2. The van der Waals surface area contributed by atoms with Gasteiger partial charge in [-0.1, -0.05) is 42.5 Å². The largest absolute Gasteiger partial charge is 0.462 e. The van der Waals surface area contributed by atoms with Crippen molar-refractivity contribution < 1.29 is 31.9 Å². The molecule has 228 valence electrons. The molecule has 1 saturated heterocycles. The number of rotatable bonds is 9. The predicted octanol–water partition coefficient (Wildman–Crippen LogP) is 7.12. The fraction of sp³-hybridized carbons (Fsp3) is 0.235. The smallest absolute Gasteiger partial charge is 0.416 e. The molecule has 1 aliphatic heterocycles. The van der Waals surface area contributed by atoms with E-state index in [1.165, 1.54) is 29.8 Å². The van der Waals surface area contributed by atoms with Crippen LogP contribution in [0, 0.1) is 0 Å². The molecule has 10 heteroatoms. The minimum Gasteiger partial charge on any atom is -0.462 e. The normalized spacial score (nSPS) is 14.1. The summed E-state index contributed by atoms with van der Waals surface area (Å²) in [6, 6.07) is 23.3. The van der Waals surface area contributed by atoms with Gasteiger partial charge in [-0.3, -0.25) is 9.69 Å². The van der Waals surface area contributed by atoms with Gasteiger partial charge in [-0.25, -0.2) is 4.79 Å². The lowest BCUT2D eigenvalue weighted by molar-refractivity contribution is -0.137. The van der Waals surface area contributed by atoms with Gasteiger partial charge in [0.1, 0.15) is 11.5 Å². The lowest BCUT2D eigenvalue weighted by Crippen LogP contribution is -2.46. The monoisotopic (exact) mass is 603 g/mol. The summed E-state index contributed by atoms with van der Waals surface area (Å²) in [7, 11) is 0. The summed E-state index contributed by atoms with van der Waals surface area (Å²) in [5, 5.41) is 2.87. The molecule has 2 heterocycles. The highest BCUT2D eigenvalue weighted by Gasteiger charge is 2.30. The minimum absolute atomic E-state index is 0.222. The van der Waals surface area contributed by atoms with Gasteiger partial charge in [0, 0.05) is 44.4 Å². The molecule has 3 aromatic carbocycles. The van der Waals surface area contributed by atoms with Gasteiger partial charge in [0.2, 0.25) is 5.91 Å². The number of piperazine rings is 1. The SMILES string of the molecule is CCOC(=O)c1ccc(N2CCN(Cc3ccccc3)CC2)c(NC(=O)/C=C/c2ccc(-c3cccc(C(F)(F)F)c3)o2)c1. The number of nitrogens with one attached hydrogen (secondary N) is 1. The van der Waals surface area contributed by atoms with E-state index in [9.17, 15) is 22.8 Å². The van der Waals surface area contributed by atoms with Crippen LogP contribution >= 0.6 is 0 Å². The maximum atomic E-state index is 13.1. The Morgan fingerprint density at radius 3 is 2.43 bits per heavy atom. The first-order valence-corrected chi connectivity index (χ1v) is 14.3. The summed E-state index contributed by atoms with van der Waals surface area (Å²) in [6.45, 7) is 5.92. The maximum absolute atomic E-state index is 13.1. The number of carbonyl (C=O) groups excluding carboxylic acids is 2. The predicted molar refractivity (Wildman–Crippen MR) is 163 cm³/mol. The van der Waals surface area contributed by atoms with Crippen LogP contribution in [0.1, 0.15) is 34.2 Å². The van der Waals surface area contributed by atoms with Crippen molar-refractivity contribution in [2.45, 2.75) is 19.6 Å². The Balaban J connectivity index is 1.29. The average Bonchev–Trinajstić information content (AvgIpc) is 3.50. The van der Waals surface area contributed by atoms with Gasteiger partial charge in [0.25, 0.3) is 0 Å². The Morgan fingerprint density at radius 2 is 1.70 bits per heavy atom. The number of benzene rings is 3. The lowest BCUT2D eigenvalue weighted by Gasteiger charge is -2.37. The van der Waals surface area contributed by atoms with Crippen molar-refractivity contribution >= 4 is 29.3 Å². The summed E-state index contributed by atoms with van der Waals surface area (Å²) in [5.41, 5.74) is 2.30. The van der Waals surface area contributed by atoms with Crippen molar-refractivity contribution in [2.75, 3.05) is 43.0 Å². The number of alkyl halides is 3. The zero-order valence-corrected chi connectivity index (χ0v) is 24.1. The van der Waals surface area contributed by atoms with Gasteiger partial charge >= 0.3 is 12.1 Å². The van der Waals surface area contributed by atoms with E-state index in [0.29, 0.717) is 17.0 Å². The summed E-state index contributed by atoms with van der Waals surface area (Å²) in [6.07, 6.45) is -1.76. The molecule has 0 unspecified atom stereocenters. The highest BCUT2D eigenvalue weighted by molar-refractivity contribution is 6.05. The Morgan fingerprint density at radius 1 is 0.932 bits per heavy atom. The molecule has 5 rings (SSSR count). The Labute approximate surface area is 253 Å². The van der Waals surface area contributed by atoms with Gasteiger partial charge in [-0.15, -0.1) is 0 Å². The van der Waals surface area contributed by atoms with E-state index >= 15 is 0 Å². The third-order valence-electron chi connectivity index (χ3n) is 7.23. The average molecular weight is 604 g/mol. The van der Waals surface area contributed by atoms with Gasteiger partial charge in [0.15, 0.2) is 0 Å². The van der Waals surface area contributed by atoms with Crippen molar-refractivity contribution in [3.63, 3.8) is 0 Å². The number of hydrogen-bond acceptors (Lipinski definition) is 6. The first kappa shape index (κ1) is 30.6. The van der Waals surface area contributed by atoms with E-state index in [1.807, 2.05) is 24.3 Å². The molecule has 0 spiro atoms. The zero-order valence-electron chi connectivity index (χ0n) is 24.1. The molecular weight excluding hydrogens is 571 g/mol. The first-order valence-electron chi connectivity index (χ1n) is 14.3. The fourth-order valence-corrected chi connectivity index (χ4v) is 5.02. The number of amides is 1. The van der Waals surface area contributed by atoms with E-state index in [-0.39, 0.29) is 17.9 Å². The number of ether oxygens (including phenoxy) is 1. The topological polar surface area (TPSA) is 75.0 Å². The van der Waals surface area contributed by atoms with Crippen molar-refractivity contribution in [3.8, 4) is 11.3 Å². The summed E-state index contributed by atoms with van der Waals surface area (Å²) in [4.78, 5) is 30.0. The van der Waals surface area contributed by atoms with E-state index in [4.69, 9.17) is 9.15 Å². The zero-order chi connectivity index (χ0) is 31.1. The van der Waals surface area contributed by atoms with Crippen LogP contribution in [0.25, 0.3) is 17.4 Å². The van der Waals surface area contributed by atoms with Crippen molar-refractivity contribution in [1.82, 2.24) is 4.90 Å². The van der Waals surface area contributed by atoms with E-state index in [2.05, 4.69) is 27.2 Å². The van der Waals surface area contributed by atoms with Crippen LogP contribution in [-0.2, 0) is 22.3 Å². The number of furan rings is 1. The Kier molecular flexibility index (Phi) is 9.50. The standard InChI is InChI=1S/C34H32F3N3O4/c1-2-43-33(42)26-11-14-30(40-19-17-39(18-20-40)23-24-7-4-3-5-8-24)29(22-26)38-32(41)16-13-28-12-15-31(44-28)25-9-6-10-27(21-25)34(35,36)37/h3-16,21-22H,2,17-20,23H2,1H3,(H,38,41)/b16-13+. The molecule has 0 radical (unpaired) electrons. The van der Waals surface area contributed by atoms with Gasteiger partial charge in [-0.2, -0.15) is 13.2 Å². The molecule has 0 bridgehead atoms.